The Balaban J connectivity index is 1.57. The van der Waals surface area contributed by atoms with Crippen LogP contribution in [0.15, 0.2) is 21.9 Å². The van der Waals surface area contributed by atoms with Gasteiger partial charge in [0.2, 0.25) is 0 Å². The molecule has 158 valence electrons. The number of amides is 2. The van der Waals surface area contributed by atoms with Gasteiger partial charge in [-0.3, -0.25) is 5.43 Å². The van der Waals surface area contributed by atoms with Crippen molar-refractivity contribution in [3.63, 3.8) is 0 Å². The number of nitrogens with two attached hydrogens (primary N) is 2. The lowest BCUT2D eigenvalue weighted by Gasteiger charge is -2.57. The molecule has 0 radical (unpaired) electrons. The molecule has 3 saturated carbocycles. The Kier molecular flexibility index (Phi) is 5.17. The Hall–Kier alpha value is -1.96. The van der Waals surface area contributed by atoms with Gasteiger partial charge in [-0.15, -0.1) is 0 Å². The van der Waals surface area contributed by atoms with Crippen LogP contribution in [0.3, 0.4) is 0 Å². The van der Waals surface area contributed by atoms with Gasteiger partial charge in [0.05, 0.1) is 5.71 Å². The van der Waals surface area contributed by atoms with Gasteiger partial charge in [0, 0.05) is 11.1 Å². The molecule has 2 amide bonds. The molecule has 0 aromatic carbocycles. The Labute approximate surface area is 177 Å². The first-order chi connectivity index (χ1) is 13.7. The molecule has 0 saturated heterocycles. The third-order valence-corrected chi connectivity index (χ3v) is 8.42. The molecule has 0 aromatic rings. The van der Waals surface area contributed by atoms with Gasteiger partial charge >= 0.3 is 6.03 Å². The van der Waals surface area contributed by atoms with Crippen molar-refractivity contribution in [2.24, 2.45) is 50.3 Å². The van der Waals surface area contributed by atoms with Crippen LogP contribution in [0, 0.1) is 28.6 Å². The van der Waals surface area contributed by atoms with Gasteiger partial charge in [-0.05, 0) is 92.8 Å². The molecule has 4 aliphatic rings. The van der Waals surface area contributed by atoms with Gasteiger partial charge in [-0.1, -0.05) is 19.4 Å². The minimum absolute atomic E-state index is 0.156. The molecule has 6 N–H and O–H groups in total. The Morgan fingerprint density at radius 1 is 1.03 bits per heavy atom. The number of urea groups is 1. The van der Waals surface area contributed by atoms with Gasteiger partial charge in [-0.2, -0.15) is 10.2 Å². The molecule has 5 atom stereocenters. The molecular weight excluding hydrogens is 384 g/mol. The van der Waals surface area contributed by atoms with E-state index in [1.165, 1.54) is 37.0 Å². The highest BCUT2D eigenvalue weighted by Crippen LogP contribution is 2.64. The summed E-state index contributed by atoms with van der Waals surface area (Å²) in [6, 6.07) is -0.608. The van der Waals surface area contributed by atoms with Crippen molar-refractivity contribution in [2.75, 3.05) is 0 Å². The summed E-state index contributed by atoms with van der Waals surface area (Å²) in [5.41, 5.74) is 20.0. The predicted octanol–water partition coefficient (Wildman–Crippen LogP) is 3.16. The van der Waals surface area contributed by atoms with Crippen LogP contribution in [0.25, 0.3) is 0 Å². The van der Waals surface area contributed by atoms with E-state index in [1.54, 1.807) is 0 Å². The number of allylic oxidation sites excluding steroid dienone is 2. The van der Waals surface area contributed by atoms with E-state index in [4.69, 9.17) is 23.7 Å². The first-order valence-electron chi connectivity index (χ1n) is 10.7. The molecule has 4 rings (SSSR count). The first kappa shape index (κ1) is 20.3. The topological polar surface area (TPSA) is 118 Å². The summed E-state index contributed by atoms with van der Waals surface area (Å²) in [6.07, 6.45) is 11.2. The molecule has 7 nitrogen and oxygen atoms in total. The number of hydrogen-bond acceptors (Lipinski definition) is 4. The molecule has 3 unspecified atom stereocenters. The number of rotatable bonds is 2. The van der Waals surface area contributed by atoms with E-state index in [2.05, 4.69) is 41.0 Å². The molecule has 0 spiro atoms. The van der Waals surface area contributed by atoms with E-state index < -0.39 is 6.03 Å². The fourth-order valence-corrected chi connectivity index (χ4v) is 6.93. The highest BCUT2D eigenvalue weighted by Gasteiger charge is 2.58. The average molecular weight is 417 g/mol. The van der Waals surface area contributed by atoms with E-state index in [9.17, 15) is 4.79 Å². The number of thiocarbonyl (C=S) groups is 1. The lowest BCUT2D eigenvalue weighted by Crippen LogP contribution is -2.50. The van der Waals surface area contributed by atoms with E-state index in [0.717, 1.165) is 37.3 Å². The van der Waals surface area contributed by atoms with Crippen molar-refractivity contribution >= 4 is 34.8 Å². The fourth-order valence-electron chi connectivity index (χ4n) is 6.88. The highest BCUT2D eigenvalue weighted by molar-refractivity contribution is 7.80. The maximum atomic E-state index is 11.0. The summed E-state index contributed by atoms with van der Waals surface area (Å²) in [6.45, 7) is 4.85. The molecule has 0 aliphatic heterocycles. The molecule has 4 aliphatic carbocycles. The second-order valence-corrected chi connectivity index (χ2v) is 10.1. The first-order valence-corrected chi connectivity index (χ1v) is 11.1. The minimum Gasteiger partial charge on any atom is -0.375 e. The van der Waals surface area contributed by atoms with Crippen LogP contribution in [0.5, 0.6) is 0 Å². The van der Waals surface area contributed by atoms with Crippen LogP contribution in [-0.2, 0) is 0 Å². The zero-order chi connectivity index (χ0) is 20.8. The minimum atomic E-state index is -0.608. The third kappa shape index (κ3) is 3.45. The van der Waals surface area contributed by atoms with E-state index in [-0.39, 0.29) is 15.9 Å². The summed E-state index contributed by atoms with van der Waals surface area (Å²) in [4.78, 5) is 11.0. The molecule has 3 fully saturated rings. The monoisotopic (exact) mass is 416 g/mol. The summed E-state index contributed by atoms with van der Waals surface area (Å²) in [5.74, 6) is 2.11. The largest absolute Gasteiger partial charge is 0.375 e. The number of nitrogens with one attached hydrogen (secondary N) is 2. The number of hydrogen-bond donors (Lipinski definition) is 4. The fraction of sp³-hybridized carbons (Fsp3) is 0.714. The second kappa shape index (κ2) is 7.38. The molecular formula is C21H32N6OS. The van der Waals surface area contributed by atoms with Crippen LogP contribution in [0.1, 0.15) is 65.2 Å². The van der Waals surface area contributed by atoms with Crippen LogP contribution in [0.2, 0.25) is 0 Å². The van der Waals surface area contributed by atoms with Crippen molar-refractivity contribution in [3.05, 3.63) is 11.6 Å². The van der Waals surface area contributed by atoms with Crippen LogP contribution in [-0.4, -0.2) is 22.6 Å². The van der Waals surface area contributed by atoms with Crippen molar-refractivity contribution in [3.8, 4) is 0 Å². The zero-order valence-electron chi connectivity index (χ0n) is 17.3. The van der Waals surface area contributed by atoms with Gasteiger partial charge in [0.15, 0.2) is 5.11 Å². The quantitative estimate of drug-likeness (QED) is 0.408. The van der Waals surface area contributed by atoms with Gasteiger partial charge in [0.25, 0.3) is 0 Å². The maximum absolute atomic E-state index is 11.0. The smallest absolute Gasteiger partial charge is 0.332 e. The number of primary amides is 1. The molecule has 0 heterocycles. The van der Waals surface area contributed by atoms with Gasteiger partial charge in [-0.25, -0.2) is 10.2 Å². The zero-order valence-corrected chi connectivity index (χ0v) is 18.1. The number of nitrogens with zero attached hydrogens (tertiary/aromatic N) is 2. The van der Waals surface area contributed by atoms with Crippen molar-refractivity contribution in [1.82, 2.24) is 10.9 Å². The summed E-state index contributed by atoms with van der Waals surface area (Å²) in [7, 11) is 0. The average Bonchev–Trinajstić information content (AvgIpc) is 3.01. The summed E-state index contributed by atoms with van der Waals surface area (Å²) >= 11 is 4.94. The molecule has 8 heteroatoms. The Morgan fingerprint density at radius 2 is 1.79 bits per heavy atom. The summed E-state index contributed by atoms with van der Waals surface area (Å²) < 4.78 is 0. The van der Waals surface area contributed by atoms with Crippen molar-refractivity contribution in [2.45, 2.75) is 65.2 Å². The number of hydrazone groups is 2. The number of carbonyl (C=O) groups excluding carboxylic acids is 1. The predicted molar refractivity (Wildman–Crippen MR) is 119 cm³/mol. The van der Waals surface area contributed by atoms with E-state index in [1.807, 2.05) is 0 Å². The number of carbonyl (C=O) groups is 1. The third-order valence-electron chi connectivity index (χ3n) is 8.33. The molecule has 0 bridgehead atoms. The standard InChI is InChI=1S/C21H32N6OS/c1-20-9-7-13(24-26-18(22)28)11-12(20)3-4-14-15-5-6-17(25-27-19(23)29)21(15,2)10-8-16(14)20/h11,14-16H,3-10H2,1-2H3,(H3,22,26,28)(H3,23,27,29)/b24-13-,25-17?/t14?,15?,16?,20-,21-/m0/s1. The van der Waals surface area contributed by atoms with Crippen molar-refractivity contribution < 1.29 is 4.79 Å². The normalized spacial score (nSPS) is 41.2. The van der Waals surface area contributed by atoms with Gasteiger partial charge < -0.3 is 11.5 Å². The highest BCUT2D eigenvalue weighted by atomic mass is 32.1. The Bertz CT molecular complexity index is 820. The van der Waals surface area contributed by atoms with E-state index >= 15 is 0 Å². The SMILES string of the molecule is C[C@]12CC/C(=N/NC(N)=O)C=C1CCC1C2CC[C@]2(C)C(=NNC(N)=S)CCC12. The van der Waals surface area contributed by atoms with Crippen LogP contribution >= 0.6 is 12.2 Å². The lowest BCUT2D eigenvalue weighted by atomic mass is 9.47. The number of fused-ring (bicyclic) bond motifs is 5. The Morgan fingerprint density at radius 3 is 2.52 bits per heavy atom. The van der Waals surface area contributed by atoms with E-state index in [0.29, 0.717) is 11.8 Å². The van der Waals surface area contributed by atoms with Crippen LogP contribution in [0.4, 0.5) is 4.79 Å². The second-order valence-electron chi connectivity index (χ2n) is 9.61. The van der Waals surface area contributed by atoms with Crippen molar-refractivity contribution in [1.29, 1.82) is 0 Å². The lowest BCUT2D eigenvalue weighted by molar-refractivity contribution is -0.0155. The molecule has 29 heavy (non-hydrogen) atoms. The van der Waals surface area contributed by atoms with Crippen LogP contribution < -0.4 is 22.3 Å². The molecule has 0 aromatic heterocycles. The van der Waals surface area contributed by atoms with Gasteiger partial charge in [0.1, 0.15) is 0 Å². The maximum Gasteiger partial charge on any atom is 0.332 e. The summed E-state index contributed by atoms with van der Waals surface area (Å²) in [5, 5.41) is 9.02.